The van der Waals surface area contributed by atoms with Crippen LogP contribution in [0.4, 0.5) is 17.5 Å². The molecule has 2 aromatic carbocycles. The summed E-state index contributed by atoms with van der Waals surface area (Å²) < 4.78 is 5.39. The molecule has 6 rings (SSSR count). The Kier molecular flexibility index (Phi) is 5.65. The van der Waals surface area contributed by atoms with Crippen LogP contribution in [0.25, 0.3) is 11.5 Å². The maximum atomic E-state index is 12.9. The van der Waals surface area contributed by atoms with E-state index in [-0.39, 0.29) is 23.9 Å². The molecule has 0 bridgehead atoms. The number of aliphatic hydroxyl groups excluding tert-OH is 1. The number of carbonyl (C=O) groups excluding carboxylic acids is 1. The Labute approximate surface area is 213 Å². The molecule has 2 atom stereocenters. The number of hydrogen-bond donors (Lipinski definition) is 3. The fourth-order valence-electron chi connectivity index (χ4n) is 4.98. The third-order valence-electron chi connectivity index (χ3n) is 6.97. The summed E-state index contributed by atoms with van der Waals surface area (Å²) in [5, 5.41) is 24.4. The summed E-state index contributed by atoms with van der Waals surface area (Å²) in [5.41, 5.74) is 3.50. The van der Waals surface area contributed by atoms with Gasteiger partial charge in [0, 0.05) is 24.0 Å². The Hall–Kier alpha value is -4.57. The van der Waals surface area contributed by atoms with E-state index in [2.05, 4.69) is 43.8 Å². The summed E-state index contributed by atoms with van der Waals surface area (Å²) in [6.45, 7) is 2.55. The molecule has 3 N–H and O–H groups in total. The number of aromatic nitrogens is 4. The highest BCUT2D eigenvalue weighted by atomic mass is 16.4. The highest BCUT2D eigenvalue weighted by Crippen LogP contribution is 2.44. The van der Waals surface area contributed by atoms with Gasteiger partial charge in [-0.1, -0.05) is 42.5 Å². The summed E-state index contributed by atoms with van der Waals surface area (Å²) >= 11 is 0. The summed E-state index contributed by atoms with van der Waals surface area (Å²) in [6, 6.07) is 14.9. The molecule has 2 aromatic heterocycles. The molecule has 0 saturated carbocycles. The molecule has 0 saturated heterocycles. The van der Waals surface area contributed by atoms with Gasteiger partial charge in [0.1, 0.15) is 5.82 Å². The molecule has 2 aliphatic rings. The monoisotopic (exact) mass is 495 g/mol. The fraction of sp³-hybridized carbons (Fsp3) is 0.222. The lowest BCUT2D eigenvalue weighted by Gasteiger charge is -2.37. The topological polar surface area (TPSA) is 129 Å². The normalized spacial score (nSPS) is 18.9. The van der Waals surface area contributed by atoms with Gasteiger partial charge in [-0.05, 0) is 42.7 Å². The average Bonchev–Trinajstić information content (AvgIpc) is 3.54. The number of carbonyl (C=O) groups is 1. The zero-order valence-electron chi connectivity index (χ0n) is 20.1. The van der Waals surface area contributed by atoms with Crippen molar-refractivity contribution in [3.63, 3.8) is 0 Å². The van der Waals surface area contributed by atoms with Crippen LogP contribution in [0.3, 0.4) is 0 Å². The maximum absolute atomic E-state index is 12.9. The number of nitrogens with one attached hydrogen (secondary N) is 2. The third kappa shape index (κ3) is 4.01. The van der Waals surface area contributed by atoms with Crippen molar-refractivity contribution in [1.29, 1.82) is 0 Å². The quantitative estimate of drug-likeness (QED) is 0.325. The van der Waals surface area contributed by atoms with E-state index in [1.165, 1.54) is 6.39 Å². The minimum atomic E-state index is -0.415. The molecule has 0 radical (unpaired) electrons. The molecule has 4 heterocycles. The van der Waals surface area contributed by atoms with Crippen molar-refractivity contribution in [1.82, 2.24) is 25.1 Å². The van der Waals surface area contributed by atoms with E-state index in [0.29, 0.717) is 23.9 Å². The van der Waals surface area contributed by atoms with Gasteiger partial charge < -0.3 is 25.1 Å². The number of amides is 1. The van der Waals surface area contributed by atoms with Gasteiger partial charge in [-0.25, -0.2) is 4.98 Å². The molecule has 2 aliphatic heterocycles. The van der Waals surface area contributed by atoms with Gasteiger partial charge in [-0.2, -0.15) is 4.98 Å². The fourth-order valence-corrected chi connectivity index (χ4v) is 4.98. The molecular weight excluding hydrogens is 470 g/mol. The summed E-state index contributed by atoms with van der Waals surface area (Å²) in [4.78, 5) is 24.0. The predicted octanol–water partition coefficient (Wildman–Crippen LogP) is 4.05. The first-order valence-corrected chi connectivity index (χ1v) is 12.0. The van der Waals surface area contributed by atoms with Crippen molar-refractivity contribution < 1.29 is 14.3 Å². The SMILES string of the molecule is C[C@@]12CC=CCN1C(=O)c1ccc(Nc3ncc(-c4nnco4)c(N[C@H](CO)c4ccccc4)n3)cc12. The summed E-state index contributed by atoms with van der Waals surface area (Å²) in [7, 11) is 0. The van der Waals surface area contributed by atoms with Gasteiger partial charge >= 0.3 is 0 Å². The number of benzene rings is 2. The molecule has 0 fully saturated rings. The Morgan fingerprint density at radius 3 is 2.81 bits per heavy atom. The largest absolute Gasteiger partial charge is 0.423 e. The molecule has 10 nitrogen and oxygen atoms in total. The number of aliphatic hydroxyl groups is 1. The van der Waals surface area contributed by atoms with E-state index < -0.39 is 6.04 Å². The smallest absolute Gasteiger partial charge is 0.255 e. The van der Waals surface area contributed by atoms with Crippen molar-refractivity contribution in [2.75, 3.05) is 23.8 Å². The van der Waals surface area contributed by atoms with Gasteiger partial charge in [0.15, 0.2) is 0 Å². The number of nitrogens with zero attached hydrogens (tertiary/aromatic N) is 5. The number of fused-ring (bicyclic) bond motifs is 3. The predicted molar refractivity (Wildman–Crippen MR) is 137 cm³/mol. The van der Waals surface area contributed by atoms with Crippen LogP contribution < -0.4 is 10.6 Å². The van der Waals surface area contributed by atoms with Crippen LogP contribution in [-0.4, -0.2) is 49.2 Å². The molecule has 37 heavy (non-hydrogen) atoms. The zero-order chi connectivity index (χ0) is 25.4. The molecule has 0 spiro atoms. The third-order valence-corrected chi connectivity index (χ3v) is 6.97. The first-order valence-electron chi connectivity index (χ1n) is 12.0. The Morgan fingerprint density at radius 2 is 2.03 bits per heavy atom. The van der Waals surface area contributed by atoms with Crippen molar-refractivity contribution >= 4 is 23.4 Å². The van der Waals surface area contributed by atoms with Gasteiger partial charge in [-0.15, -0.1) is 10.2 Å². The van der Waals surface area contributed by atoms with E-state index in [9.17, 15) is 9.90 Å². The molecule has 10 heteroatoms. The lowest BCUT2D eigenvalue weighted by atomic mass is 9.86. The number of anilines is 3. The minimum absolute atomic E-state index is 0.0519. The van der Waals surface area contributed by atoms with E-state index in [1.54, 1.807) is 6.20 Å². The first-order chi connectivity index (χ1) is 18.1. The second-order valence-corrected chi connectivity index (χ2v) is 9.24. The summed E-state index contributed by atoms with van der Waals surface area (Å²) in [6.07, 6.45) is 7.76. The second kappa shape index (κ2) is 9.14. The van der Waals surface area contributed by atoms with Gasteiger partial charge in [-0.3, -0.25) is 4.79 Å². The average molecular weight is 496 g/mol. The molecule has 0 unspecified atom stereocenters. The lowest BCUT2D eigenvalue weighted by molar-refractivity contribution is 0.0608. The minimum Gasteiger partial charge on any atom is -0.423 e. The molecule has 1 amide bonds. The second-order valence-electron chi connectivity index (χ2n) is 9.24. The van der Waals surface area contributed by atoms with Crippen LogP contribution in [0.5, 0.6) is 0 Å². The van der Waals surface area contributed by atoms with Gasteiger partial charge in [0.05, 0.1) is 23.8 Å². The summed E-state index contributed by atoms with van der Waals surface area (Å²) in [5.74, 6) is 1.08. The Balaban J connectivity index is 1.33. The van der Waals surface area contributed by atoms with Gasteiger partial charge in [0.2, 0.25) is 12.3 Å². The van der Waals surface area contributed by atoms with E-state index >= 15 is 0 Å². The maximum Gasteiger partial charge on any atom is 0.255 e. The van der Waals surface area contributed by atoms with Crippen molar-refractivity contribution in [3.8, 4) is 11.5 Å². The van der Waals surface area contributed by atoms with Gasteiger partial charge in [0.25, 0.3) is 11.8 Å². The Bertz CT molecular complexity index is 1470. The highest BCUT2D eigenvalue weighted by molar-refractivity contribution is 6.00. The van der Waals surface area contributed by atoms with Crippen LogP contribution in [0.1, 0.15) is 40.9 Å². The first kappa shape index (κ1) is 22.9. The molecular formula is C27H25N7O3. The highest BCUT2D eigenvalue weighted by Gasteiger charge is 2.46. The standard InChI is InChI=1S/C27H25N7O3/c1-27-11-5-6-12-34(27)25(36)19-10-9-18(13-21(19)27)30-26-28-14-20(24-33-29-16-37-24)23(32-26)31-22(15-35)17-7-3-2-4-8-17/h2-10,13-14,16,22,35H,11-12,15H2,1H3,(H2,28,30,31,32)/t22-,27+/m1/s1. The Morgan fingerprint density at radius 1 is 1.16 bits per heavy atom. The number of rotatable bonds is 7. The van der Waals surface area contributed by atoms with Crippen LogP contribution in [0, 0.1) is 0 Å². The van der Waals surface area contributed by atoms with Crippen molar-refractivity contribution in [3.05, 3.63) is 90.0 Å². The van der Waals surface area contributed by atoms with E-state index in [1.807, 2.05) is 59.5 Å². The molecule has 186 valence electrons. The van der Waals surface area contributed by atoms with Crippen LogP contribution in [-0.2, 0) is 5.54 Å². The number of hydrogen-bond acceptors (Lipinski definition) is 9. The van der Waals surface area contributed by atoms with E-state index in [0.717, 1.165) is 28.8 Å². The zero-order valence-corrected chi connectivity index (χ0v) is 20.1. The lowest BCUT2D eigenvalue weighted by Crippen LogP contribution is -2.43. The van der Waals surface area contributed by atoms with Crippen LogP contribution in [0.15, 0.2) is 77.7 Å². The van der Waals surface area contributed by atoms with Crippen LogP contribution in [0.2, 0.25) is 0 Å². The van der Waals surface area contributed by atoms with E-state index in [4.69, 9.17) is 4.42 Å². The van der Waals surface area contributed by atoms with Crippen LogP contribution >= 0.6 is 0 Å². The molecule has 4 aromatic rings. The van der Waals surface area contributed by atoms with Crippen molar-refractivity contribution in [2.24, 2.45) is 0 Å². The van der Waals surface area contributed by atoms with Crippen molar-refractivity contribution in [2.45, 2.75) is 24.9 Å². The molecule has 0 aliphatic carbocycles.